The van der Waals surface area contributed by atoms with E-state index >= 15 is 0 Å². The van der Waals surface area contributed by atoms with Gasteiger partial charge in [0, 0.05) is 6.54 Å². The lowest BCUT2D eigenvalue weighted by atomic mass is 10.2. The van der Waals surface area contributed by atoms with Gasteiger partial charge in [-0.3, -0.25) is 4.79 Å². The van der Waals surface area contributed by atoms with E-state index < -0.39 is 0 Å². The van der Waals surface area contributed by atoms with Crippen molar-refractivity contribution in [2.75, 3.05) is 12.3 Å². The summed E-state index contributed by atoms with van der Waals surface area (Å²) in [6, 6.07) is 3.78. The van der Waals surface area contributed by atoms with Crippen molar-refractivity contribution < 1.29 is 9.32 Å². The first-order valence-electron chi connectivity index (χ1n) is 5.94. The van der Waals surface area contributed by atoms with Crippen molar-refractivity contribution in [2.45, 2.75) is 12.8 Å². The minimum atomic E-state index is -0.217. The summed E-state index contributed by atoms with van der Waals surface area (Å²) in [5.74, 6) is 0.461. The fourth-order valence-electron chi connectivity index (χ4n) is 1.78. The number of thiophene rings is 1. The number of amides is 1. The van der Waals surface area contributed by atoms with Crippen molar-refractivity contribution in [1.82, 2.24) is 10.5 Å². The molecule has 0 aromatic carbocycles. The minimum Gasteiger partial charge on any atom is -0.367 e. The standard InChI is InChI=1S/C12H12BrN3O2S/c13-8-4-3-7(19-8)10-9(11(14)18-16-10)12(17)15-5-6-1-2-6/h3-4,6H,1-2,5,14H2,(H,15,17). The molecule has 5 nitrogen and oxygen atoms in total. The van der Waals surface area contributed by atoms with E-state index in [1.54, 1.807) is 0 Å². The third-order valence-electron chi connectivity index (χ3n) is 3.00. The highest BCUT2D eigenvalue weighted by Crippen LogP contribution is 2.35. The number of hydrogen-bond donors (Lipinski definition) is 2. The maximum atomic E-state index is 12.2. The molecule has 0 aliphatic heterocycles. The fraction of sp³-hybridized carbons (Fsp3) is 0.333. The van der Waals surface area contributed by atoms with Gasteiger partial charge >= 0.3 is 0 Å². The molecule has 1 amide bonds. The molecule has 3 N–H and O–H groups in total. The van der Waals surface area contributed by atoms with Crippen LogP contribution < -0.4 is 11.1 Å². The molecule has 2 aromatic heterocycles. The van der Waals surface area contributed by atoms with E-state index in [-0.39, 0.29) is 11.8 Å². The van der Waals surface area contributed by atoms with Crippen LogP contribution in [0.3, 0.4) is 0 Å². The van der Waals surface area contributed by atoms with E-state index in [1.165, 1.54) is 24.2 Å². The number of carbonyl (C=O) groups is 1. The lowest BCUT2D eigenvalue weighted by Crippen LogP contribution is -2.26. The van der Waals surface area contributed by atoms with E-state index in [9.17, 15) is 4.79 Å². The largest absolute Gasteiger partial charge is 0.367 e. The van der Waals surface area contributed by atoms with Gasteiger partial charge in [0.2, 0.25) is 5.88 Å². The number of nitrogens with one attached hydrogen (secondary N) is 1. The van der Waals surface area contributed by atoms with Gasteiger partial charge in [-0.05, 0) is 46.8 Å². The zero-order chi connectivity index (χ0) is 13.4. The number of aromatic nitrogens is 1. The summed E-state index contributed by atoms with van der Waals surface area (Å²) < 4.78 is 5.93. The number of nitrogens with two attached hydrogens (primary N) is 1. The molecular weight excluding hydrogens is 330 g/mol. The number of hydrogen-bond acceptors (Lipinski definition) is 5. The van der Waals surface area contributed by atoms with Crippen molar-refractivity contribution >= 4 is 39.1 Å². The summed E-state index contributed by atoms with van der Waals surface area (Å²) in [6.07, 6.45) is 2.37. The van der Waals surface area contributed by atoms with Crippen molar-refractivity contribution in [3.05, 3.63) is 21.5 Å². The first kappa shape index (κ1) is 12.7. The van der Waals surface area contributed by atoms with Crippen molar-refractivity contribution in [2.24, 2.45) is 5.92 Å². The van der Waals surface area contributed by atoms with Crippen molar-refractivity contribution in [3.63, 3.8) is 0 Å². The fourth-order valence-corrected chi connectivity index (χ4v) is 3.15. The smallest absolute Gasteiger partial charge is 0.259 e. The van der Waals surface area contributed by atoms with Crippen molar-refractivity contribution in [3.8, 4) is 10.6 Å². The van der Waals surface area contributed by atoms with E-state index in [2.05, 4.69) is 26.4 Å². The minimum absolute atomic E-state index is 0.0628. The van der Waals surface area contributed by atoms with Crippen LogP contribution in [0, 0.1) is 5.92 Å². The molecule has 0 radical (unpaired) electrons. The highest BCUT2D eigenvalue weighted by molar-refractivity contribution is 9.11. The molecule has 1 saturated carbocycles. The Balaban J connectivity index is 1.86. The number of anilines is 1. The van der Waals surface area contributed by atoms with Crippen LogP contribution in [0.2, 0.25) is 0 Å². The van der Waals surface area contributed by atoms with Gasteiger partial charge in [-0.15, -0.1) is 11.3 Å². The molecule has 3 rings (SSSR count). The molecule has 7 heteroatoms. The maximum absolute atomic E-state index is 12.2. The third-order valence-corrected chi connectivity index (χ3v) is 4.63. The van der Waals surface area contributed by atoms with Crippen LogP contribution in [0.4, 0.5) is 5.88 Å². The first-order valence-corrected chi connectivity index (χ1v) is 7.55. The summed E-state index contributed by atoms with van der Waals surface area (Å²) in [5.41, 5.74) is 6.54. The zero-order valence-electron chi connectivity index (χ0n) is 9.98. The van der Waals surface area contributed by atoms with E-state index in [1.807, 2.05) is 12.1 Å². The van der Waals surface area contributed by atoms with Crippen LogP contribution in [-0.2, 0) is 0 Å². The summed E-state index contributed by atoms with van der Waals surface area (Å²) >= 11 is 4.87. The predicted octanol–water partition coefficient (Wildman–Crippen LogP) is 2.89. The van der Waals surface area contributed by atoms with Crippen LogP contribution in [0.1, 0.15) is 23.2 Å². The SMILES string of the molecule is Nc1onc(-c2ccc(Br)s2)c1C(=O)NCC1CC1. The molecule has 19 heavy (non-hydrogen) atoms. The van der Waals surface area contributed by atoms with Crippen LogP contribution in [0.25, 0.3) is 10.6 Å². The number of carbonyl (C=O) groups excluding carboxylic acids is 1. The molecule has 0 spiro atoms. The second-order valence-electron chi connectivity index (χ2n) is 4.53. The molecule has 0 atom stereocenters. The van der Waals surface area contributed by atoms with E-state index in [0.717, 1.165) is 8.66 Å². The summed E-state index contributed by atoms with van der Waals surface area (Å²) in [7, 11) is 0. The van der Waals surface area contributed by atoms with Crippen LogP contribution in [0.5, 0.6) is 0 Å². The Morgan fingerprint density at radius 1 is 1.58 bits per heavy atom. The molecular formula is C12H12BrN3O2S. The summed E-state index contributed by atoms with van der Waals surface area (Å²) in [5, 5.41) is 6.77. The van der Waals surface area contributed by atoms with Crippen molar-refractivity contribution in [1.29, 1.82) is 0 Å². The molecule has 100 valence electrons. The highest BCUT2D eigenvalue weighted by Gasteiger charge is 2.26. The normalized spacial score (nSPS) is 14.6. The molecule has 0 unspecified atom stereocenters. The number of halogens is 1. The monoisotopic (exact) mass is 341 g/mol. The maximum Gasteiger partial charge on any atom is 0.259 e. The molecule has 0 bridgehead atoms. The molecule has 2 aromatic rings. The van der Waals surface area contributed by atoms with Gasteiger partial charge in [-0.25, -0.2) is 0 Å². The Bertz CT molecular complexity index is 618. The molecule has 0 saturated heterocycles. The summed E-state index contributed by atoms with van der Waals surface area (Å²) in [6.45, 7) is 0.691. The average Bonchev–Trinajstić information content (AvgIpc) is 3.00. The van der Waals surface area contributed by atoms with Gasteiger partial charge in [0.1, 0.15) is 11.3 Å². The quantitative estimate of drug-likeness (QED) is 0.895. The second-order valence-corrected chi connectivity index (χ2v) is 6.99. The van der Waals surface area contributed by atoms with Crippen LogP contribution in [-0.4, -0.2) is 17.6 Å². The average molecular weight is 342 g/mol. The first-order chi connectivity index (χ1) is 9.15. The van der Waals surface area contributed by atoms with Gasteiger partial charge in [-0.2, -0.15) is 0 Å². The zero-order valence-corrected chi connectivity index (χ0v) is 12.4. The molecule has 1 fully saturated rings. The molecule has 1 aliphatic carbocycles. The van der Waals surface area contributed by atoms with Crippen LogP contribution >= 0.6 is 27.3 Å². The Hall–Kier alpha value is -1.34. The van der Waals surface area contributed by atoms with Gasteiger partial charge < -0.3 is 15.6 Å². The highest BCUT2D eigenvalue weighted by atomic mass is 79.9. The Kier molecular flexibility index (Phi) is 3.32. The van der Waals surface area contributed by atoms with E-state index in [4.69, 9.17) is 10.3 Å². The predicted molar refractivity (Wildman–Crippen MR) is 77.0 cm³/mol. The molecule has 2 heterocycles. The summed E-state index contributed by atoms with van der Waals surface area (Å²) in [4.78, 5) is 13.0. The number of nitrogens with zero attached hydrogens (tertiary/aromatic N) is 1. The third kappa shape index (κ3) is 2.66. The lowest BCUT2D eigenvalue weighted by molar-refractivity contribution is 0.0953. The number of rotatable bonds is 4. The van der Waals surface area contributed by atoms with Gasteiger partial charge in [0.05, 0.1) is 8.66 Å². The Morgan fingerprint density at radius 3 is 3.00 bits per heavy atom. The van der Waals surface area contributed by atoms with E-state index in [0.29, 0.717) is 23.7 Å². The Morgan fingerprint density at radius 2 is 2.37 bits per heavy atom. The Labute approximate surface area is 122 Å². The van der Waals surface area contributed by atoms with Gasteiger partial charge in [0.15, 0.2) is 0 Å². The second kappa shape index (κ2) is 4.97. The molecule has 1 aliphatic rings. The lowest BCUT2D eigenvalue weighted by Gasteiger charge is -2.03. The topological polar surface area (TPSA) is 81.2 Å². The van der Waals surface area contributed by atoms with Gasteiger partial charge in [0.25, 0.3) is 5.91 Å². The van der Waals surface area contributed by atoms with Crippen LogP contribution in [0.15, 0.2) is 20.4 Å². The van der Waals surface area contributed by atoms with Gasteiger partial charge in [-0.1, -0.05) is 5.16 Å². The number of nitrogen functional groups attached to an aromatic ring is 1.